The van der Waals surface area contributed by atoms with Gasteiger partial charge in [0.25, 0.3) is 0 Å². The van der Waals surface area contributed by atoms with E-state index in [0.29, 0.717) is 5.92 Å². The lowest BCUT2D eigenvalue weighted by atomic mass is 9.64. The van der Waals surface area contributed by atoms with Crippen molar-refractivity contribution in [1.82, 2.24) is 20.4 Å². The van der Waals surface area contributed by atoms with Gasteiger partial charge in [-0.3, -0.25) is 9.67 Å². The maximum absolute atomic E-state index is 4.93. The van der Waals surface area contributed by atoms with Gasteiger partial charge >= 0.3 is 0 Å². The fraction of sp³-hybridized carbons (Fsp3) is 0.524. The Kier molecular flexibility index (Phi) is 6.31. The van der Waals surface area contributed by atoms with Crippen LogP contribution in [0.4, 0.5) is 0 Å². The predicted octanol–water partition coefficient (Wildman–Crippen LogP) is 3.20. The van der Waals surface area contributed by atoms with Gasteiger partial charge in [0.1, 0.15) is 0 Å². The molecule has 1 unspecified atom stereocenters. The Balaban J connectivity index is 1.58. The molecule has 5 heteroatoms. The third-order valence-corrected chi connectivity index (χ3v) is 5.26. The van der Waals surface area contributed by atoms with E-state index >= 15 is 0 Å². The molecule has 1 atom stereocenters. The van der Waals surface area contributed by atoms with E-state index in [2.05, 4.69) is 59.9 Å². The summed E-state index contributed by atoms with van der Waals surface area (Å²) in [7, 11) is 0. The summed E-state index contributed by atoms with van der Waals surface area (Å²) in [4.78, 5) is 4.93. The van der Waals surface area contributed by atoms with E-state index in [1.165, 1.54) is 24.8 Å². The minimum absolute atomic E-state index is 0.226. The molecule has 1 fully saturated rings. The lowest BCUT2D eigenvalue weighted by molar-refractivity contribution is 0.253. The number of hydrogen-bond donors (Lipinski definition) is 2. The van der Waals surface area contributed by atoms with Crippen LogP contribution in [-0.4, -0.2) is 35.4 Å². The monoisotopic (exact) mass is 353 g/mol. The summed E-state index contributed by atoms with van der Waals surface area (Å²) >= 11 is 0. The summed E-state index contributed by atoms with van der Waals surface area (Å²) in [5, 5.41) is 11.2. The molecule has 0 aliphatic heterocycles. The van der Waals surface area contributed by atoms with E-state index in [-0.39, 0.29) is 5.41 Å². The molecule has 3 rings (SSSR count). The van der Waals surface area contributed by atoms with Gasteiger partial charge in [-0.05, 0) is 37.3 Å². The van der Waals surface area contributed by atoms with Gasteiger partial charge in [-0.1, -0.05) is 43.7 Å². The van der Waals surface area contributed by atoms with Gasteiger partial charge < -0.3 is 10.6 Å². The van der Waals surface area contributed by atoms with Gasteiger partial charge in [-0.2, -0.15) is 5.10 Å². The molecule has 0 radical (unpaired) electrons. The Morgan fingerprint density at radius 2 is 2.04 bits per heavy atom. The standard InChI is InChI=1S/C21H31N5/c1-3-22-20(23-15-18(2)16-26-14-8-13-25-26)24-17-21(11-7-12-21)19-9-5-4-6-10-19/h4-6,8-10,13-14,18H,3,7,11-12,15-17H2,1-2H3,(H2,22,23,24). The van der Waals surface area contributed by atoms with Gasteiger partial charge in [0.15, 0.2) is 5.96 Å². The molecule has 140 valence electrons. The summed E-state index contributed by atoms with van der Waals surface area (Å²) in [6.45, 7) is 7.85. The average molecular weight is 354 g/mol. The van der Waals surface area contributed by atoms with Crippen LogP contribution in [0.1, 0.15) is 38.7 Å². The van der Waals surface area contributed by atoms with Crippen LogP contribution < -0.4 is 10.6 Å². The third kappa shape index (κ3) is 4.65. The van der Waals surface area contributed by atoms with Crippen molar-refractivity contribution in [3.05, 3.63) is 54.4 Å². The van der Waals surface area contributed by atoms with Crippen molar-refractivity contribution in [2.75, 3.05) is 19.6 Å². The fourth-order valence-electron chi connectivity index (χ4n) is 3.57. The molecular formula is C21H31N5. The van der Waals surface area contributed by atoms with E-state index in [1.807, 2.05) is 23.1 Å². The molecule has 26 heavy (non-hydrogen) atoms. The second-order valence-electron chi connectivity index (χ2n) is 7.41. The Morgan fingerprint density at radius 3 is 2.65 bits per heavy atom. The molecule has 1 aliphatic rings. The zero-order valence-electron chi connectivity index (χ0n) is 16.0. The first-order chi connectivity index (χ1) is 12.7. The first-order valence-corrected chi connectivity index (χ1v) is 9.77. The van der Waals surface area contributed by atoms with Gasteiger partial charge in [0.2, 0.25) is 0 Å². The highest BCUT2D eigenvalue weighted by atomic mass is 15.3. The third-order valence-electron chi connectivity index (χ3n) is 5.26. The molecule has 5 nitrogen and oxygen atoms in total. The summed E-state index contributed by atoms with van der Waals surface area (Å²) in [6.07, 6.45) is 7.60. The molecule has 0 bridgehead atoms. The summed E-state index contributed by atoms with van der Waals surface area (Å²) in [5.41, 5.74) is 1.66. The van der Waals surface area contributed by atoms with E-state index in [9.17, 15) is 0 Å². The molecule has 2 N–H and O–H groups in total. The molecular weight excluding hydrogens is 322 g/mol. The van der Waals surface area contributed by atoms with Crippen LogP contribution in [0.2, 0.25) is 0 Å². The maximum atomic E-state index is 4.93. The topological polar surface area (TPSA) is 54.2 Å². The fourth-order valence-corrected chi connectivity index (χ4v) is 3.57. The molecule has 2 aromatic rings. The van der Waals surface area contributed by atoms with Gasteiger partial charge in [0, 0.05) is 37.4 Å². The van der Waals surface area contributed by atoms with Gasteiger partial charge in [-0.25, -0.2) is 0 Å². The second-order valence-corrected chi connectivity index (χ2v) is 7.41. The SMILES string of the molecule is CCNC(=NCC1(c2ccccc2)CCC1)NCC(C)Cn1cccn1. The number of nitrogens with zero attached hydrogens (tertiary/aromatic N) is 3. The van der Waals surface area contributed by atoms with Gasteiger partial charge in [0.05, 0.1) is 6.54 Å². The van der Waals surface area contributed by atoms with E-state index in [0.717, 1.165) is 32.1 Å². The van der Waals surface area contributed by atoms with Crippen LogP contribution >= 0.6 is 0 Å². The number of benzene rings is 1. The van der Waals surface area contributed by atoms with E-state index in [4.69, 9.17) is 4.99 Å². The number of guanidine groups is 1. The minimum Gasteiger partial charge on any atom is -0.357 e. The van der Waals surface area contributed by atoms with Crippen molar-refractivity contribution in [1.29, 1.82) is 0 Å². The van der Waals surface area contributed by atoms with Crippen LogP contribution in [0.25, 0.3) is 0 Å². The Morgan fingerprint density at radius 1 is 1.23 bits per heavy atom. The second kappa shape index (κ2) is 8.88. The quantitative estimate of drug-likeness (QED) is 0.566. The molecule has 1 aromatic heterocycles. The van der Waals surface area contributed by atoms with Crippen molar-refractivity contribution in [2.24, 2.45) is 10.9 Å². The predicted molar refractivity (Wildman–Crippen MR) is 107 cm³/mol. The zero-order chi connectivity index (χ0) is 18.2. The lowest BCUT2D eigenvalue weighted by Crippen LogP contribution is -2.43. The maximum Gasteiger partial charge on any atom is 0.191 e. The molecule has 0 spiro atoms. The summed E-state index contributed by atoms with van der Waals surface area (Å²) < 4.78 is 1.98. The average Bonchev–Trinajstić information content (AvgIpc) is 3.12. The lowest BCUT2D eigenvalue weighted by Gasteiger charge is -2.41. The number of aromatic nitrogens is 2. The minimum atomic E-state index is 0.226. The molecule has 0 saturated heterocycles. The summed E-state index contributed by atoms with van der Waals surface area (Å²) in [5.74, 6) is 1.40. The Labute approximate surface area is 156 Å². The number of aliphatic imine (C=N–C) groups is 1. The molecule has 1 aromatic carbocycles. The van der Waals surface area contributed by atoms with Crippen molar-refractivity contribution >= 4 is 5.96 Å². The van der Waals surface area contributed by atoms with Crippen LogP contribution in [0.15, 0.2) is 53.8 Å². The normalized spacial score (nSPS) is 17.4. The van der Waals surface area contributed by atoms with E-state index < -0.39 is 0 Å². The van der Waals surface area contributed by atoms with Gasteiger partial charge in [-0.15, -0.1) is 0 Å². The van der Waals surface area contributed by atoms with Crippen LogP contribution in [0.5, 0.6) is 0 Å². The number of nitrogens with one attached hydrogen (secondary N) is 2. The Hall–Kier alpha value is -2.30. The highest BCUT2D eigenvalue weighted by Gasteiger charge is 2.38. The Bertz CT molecular complexity index is 674. The first-order valence-electron chi connectivity index (χ1n) is 9.77. The molecule has 1 heterocycles. The highest BCUT2D eigenvalue weighted by Crippen LogP contribution is 2.43. The van der Waals surface area contributed by atoms with Crippen LogP contribution in [0, 0.1) is 5.92 Å². The highest BCUT2D eigenvalue weighted by molar-refractivity contribution is 5.79. The van der Waals surface area contributed by atoms with Crippen molar-refractivity contribution in [3.63, 3.8) is 0 Å². The largest absolute Gasteiger partial charge is 0.357 e. The smallest absolute Gasteiger partial charge is 0.191 e. The van der Waals surface area contributed by atoms with Crippen molar-refractivity contribution < 1.29 is 0 Å². The van der Waals surface area contributed by atoms with Crippen LogP contribution in [0.3, 0.4) is 0 Å². The first kappa shape index (κ1) is 18.5. The van der Waals surface area contributed by atoms with Crippen molar-refractivity contribution in [3.8, 4) is 0 Å². The van der Waals surface area contributed by atoms with Crippen LogP contribution in [-0.2, 0) is 12.0 Å². The zero-order valence-corrected chi connectivity index (χ0v) is 16.0. The molecule has 0 amide bonds. The molecule has 1 aliphatic carbocycles. The number of rotatable bonds is 8. The number of hydrogen-bond acceptors (Lipinski definition) is 2. The summed E-state index contributed by atoms with van der Waals surface area (Å²) in [6, 6.07) is 12.8. The van der Waals surface area contributed by atoms with E-state index in [1.54, 1.807) is 0 Å². The van der Waals surface area contributed by atoms with Crippen molar-refractivity contribution in [2.45, 2.75) is 45.1 Å². The molecule has 1 saturated carbocycles.